The van der Waals surface area contributed by atoms with E-state index in [1.54, 1.807) is 0 Å². The van der Waals surface area contributed by atoms with Gasteiger partial charge in [0.2, 0.25) is 0 Å². The van der Waals surface area contributed by atoms with Crippen LogP contribution in [0.5, 0.6) is 5.75 Å². The van der Waals surface area contributed by atoms with Gasteiger partial charge in [-0.3, -0.25) is 9.53 Å². The zero-order chi connectivity index (χ0) is 24.3. The van der Waals surface area contributed by atoms with Crippen LogP contribution in [0.3, 0.4) is 0 Å². The summed E-state index contributed by atoms with van der Waals surface area (Å²) in [7, 11) is 0. The molecule has 0 bridgehead atoms. The molecule has 1 N–H and O–H groups in total. The number of ether oxygens (including phenoxy) is 2. The third kappa shape index (κ3) is 5.89. The fourth-order valence-electron chi connectivity index (χ4n) is 1.82. The van der Waals surface area contributed by atoms with Gasteiger partial charge in [0.15, 0.2) is 0 Å². The Kier molecular flexibility index (Phi) is 7.79. The third-order valence-electron chi connectivity index (χ3n) is 3.53. The minimum Gasteiger partial charge on any atom is -0.494 e. The van der Waals surface area contributed by atoms with Crippen molar-refractivity contribution in [2.45, 2.75) is 50.0 Å². The Labute approximate surface area is 167 Å². The maximum atomic E-state index is 14.1. The number of rotatable bonds is 9. The van der Waals surface area contributed by atoms with Gasteiger partial charge in [-0.1, -0.05) is 13.3 Å². The van der Waals surface area contributed by atoms with Gasteiger partial charge in [0.1, 0.15) is 5.75 Å². The first kappa shape index (κ1) is 26.7. The predicted molar refractivity (Wildman–Crippen MR) is 82.4 cm³/mol. The van der Waals surface area contributed by atoms with Crippen molar-refractivity contribution in [2.75, 3.05) is 11.9 Å². The second-order valence-corrected chi connectivity index (χ2v) is 5.96. The molecule has 0 saturated carbocycles. The molecule has 1 rings (SSSR count). The smallest absolute Gasteiger partial charge is 0.462 e. The Hall–Kier alpha value is -2.32. The topological polar surface area (TPSA) is 47.6 Å². The van der Waals surface area contributed by atoms with Crippen molar-refractivity contribution in [1.82, 2.24) is 0 Å². The molecule has 1 aromatic carbocycles. The number of alkyl halides is 11. The minimum atomic E-state index is -7.25. The molecule has 15 heteroatoms. The van der Waals surface area contributed by atoms with Crippen LogP contribution in [0.2, 0.25) is 0 Å². The molecule has 31 heavy (non-hydrogen) atoms. The van der Waals surface area contributed by atoms with Crippen LogP contribution < -0.4 is 10.1 Å². The molecule has 0 aliphatic carbocycles. The molecule has 178 valence electrons. The van der Waals surface area contributed by atoms with E-state index < -0.39 is 41.8 Å². The number of carbonyl (C=O) groups is 1. The molecule has 0 aliphatic rings. The second-order valence-electron chi connectivity index (χ2n) is 5.96. The minimum absolute atomic E-state index is 0.154. The standard InChI is InChI=1S/C16H14F11NO3/c1-2-3-8-30-10-6-4-9(5-7-10)28-11(29)12(17,14(20,21)22)31-16(26,27)13(18,19)15(23,24)25/h4-7H,2-3,8H2,1H3,(H,28,29)/t12-/m0/s1. The van der Waals surface area contributed by atoms with Crippen molar-refractivity contribution in [3.05, 3.63) is 24.3 Å². The number of anilines is 1. The SMILES string of the molecule is CCCCOc1ccc(NC(=O)[C@](F)(OC(F)(F)C(F)(F)C(F)(F)F)C(F)(F)F)cc1. The lowest BCUT2D eigenvalue weighted by molar-refractivity contribution is -0.472. The summed E-state index contributed by atoms with van der Waals surface area (Å²) < 4.78 is 148. The van der Waals surface area contributed by atoms with Gasteiger partial charge in [-0.2, -0.15) is 48.3 Å². The number of hydrogen-bond donors (Lipinski definition) is 1. The Morgan fingerprint density at radius 2 is 1.39 bits per heavy atom. The van der Waals surface area contributed by atoms with Gasteiger partial charge in [0.05, 0.1) is 6.61 Å². The fourth-order valence-corrected chi connectivity index (χ4v) is 1.82. The van der Waals surface area contributed by atoms with Crippen molar-refractivity contribution in [3.63, 3.8) is 0 Å². The maximum Gasteiger partial charge on any atom is 0.462 e. The van der Waals surface area contributed by atoms with Gasteiger partial charge in [-0.05, 0) is 30.7 Å². The Balaban J connectivity index is 3.12. The van der Waals surface area contributed by atoms with Gasteiger partial charge in [-0.15, -0.1) is 0 Å². The van der Waals surface area contributed by atoms with Gasteiger partial charge in [0, 0.05) is 5.69 Å². The molecule has 0 spiro atoms. The molecular weight excluding hydrogens is 463 g/mol. The van der Waals surface area contributed by atoms with E-state index in [1.165, 1.54) is 0 Å². The van der Waals surface area contributed by atoms with Crippen LogP contribution >= 0.6 is 0 Å². The first-order chi connectivity index (χ1) is 13.9. The van der Waals surface area contributed by atoms with E-state index in [0.717, 1.165) is 36.0 Å². The number of hydrogen-bond acceptors (Lipinski definition) is 3. The first-order valence-electron chi connectivity index (χ1n) is 8.21. The van der Waals surface area contributed by atoms with Crippen molar-refractivity contribution in [1.29, 1.82) is 0 Å². The average Bonchev–Trinajstić information content (AvgIpc) is 2.60. The van der Waals surface area contributed by atoms with Gasteiger partial charge in [0.25, 0.3) is 5.91 Å². The highest BCUT2D eigenvalue weighted by Crippen LogP contribution is 2.51. The number of nitrogens with one attached hydrogen (secondary N) is 1. The highest BCUT2D eigenvalue weighted by atomic mass is 19.4. The summed E-state index contributed by atoms with van der Waals surface area (Å²) in [6.07, 6.45) is -19.6. The average molecular weight is 477 g/mol. The molecule has 0 aromatic heterocycles. The van der Waals surface area contributed by atoms with Gasteiger partial charge >= 0.3 is 30.2 Å². The highest BCUT2D eigenvalue weighted by molar-refractivity contribution is 5.96. The van der Waals surface area contributed by atoms with Crippen molar-refractivity contribution in [3.8, 4) is 5.75 Å². The largest absolute Gasteiger partial charge is 0.494 e. The lowest BCUT2D eigenvalue weighted by Crippen LogP contribution is -2.62. The molecule has 1 aromatic rings. The summed E-state index contributed by atoms with van der Waals surface area (Å²) in [6, 6.07) is 3.81. The Morgan fingerprint density at radius 3 is 1.81 bits per heavy atom. The summed E-state index contributed by atoms with van der Waals surface area (Å²) in [6.45, 7) is 2.10. The monoisotopic (exact) mass is 477 g/mol. The number of unbranched alkanes of at least 4 members (excludes halogenated alkanes) is 1. The highest BCUT2D eigenvalue weighted by Gasteiger charge is 2.79. The number of benzene rings is 1. The molecule has 0 aliphatic heterocycles. The molecule has 0 saturated heterocycles. The zero-order valence-corrected chi connectivity index (χ0v) is 15.3. The molecular formula is C16H14F11NO3. The summed E-state index contributed by atoms with van der Waals surface area (Å²) in [5, 5.41) is 1.12. The van der Waals surface area contributed by atoms with E-state index in [1.807, 2.05) is 6.92 Å². The molecule has 0 fully saturated rings. The van der Waals surface area contributed by atoms with E-state index in [4.69, 9.17) is 4.74 Å². The van der Waals surface area contributed by atoms with E-state index >= 15 is 0 Å². The second kappa shape index (κ2) is 9.04. The normalized spacial score (nSPS) is 15.4. The van der Waals surface area contributed by atoms with Crippen LogP contribution in [0, 0.1) is 0 Å². The van der Waals surface area contributed by atoms with Crippen molar-refractivity contribution in [2.24, 2.45) is 0 Å². The van der Waals surface area contributed by atoms with E-state index in [-0.39, 0.29) is 12.4 Å². The molecule has 0 radical (unpaired) electrons. The lowest BCUT2D eigenvalue weighted by Gasteiger charge is -2.34. The van der Waals surface area contributed by atoms with Crippen LogP contribution in [-0.2, 0) is 9.53 Å². The summed E-state index contributed by atoms with van der Waals surface area (Å²) in [5.74, 6) is -16.5. The van der Waals surface area contributed by atoms with Crippen molar-refractivity contribution >= 4 is 11.6 Å². The summed E-state index contributed by atoms with van der Waals surface area (Å²) in [5.41, 5.74) is -0.659. The fraction of sp³-hybridized carbons (Fsp3) is 0.562. The molecule has 0 unspecified atom stereocenters. The predicted octanol–water partition coefficient (Wildman–Crippen LogP) is 5.84. The van der Waals surface area contributed by atoms with Crippen molar-refractivity contribution < 1.29 is 62.6 Å². The molecule has 4 nitrogen and oxygen atoms in total. The molecule has 1 amide bonds. The van der Waals surface area contributed by atoms with Crippen LogP contribution in [0.15, 0.2) is 24.3 Å². The van der Waals surface area contributed by atoms with Crippen LogP contribution in [0.25, 0.3) is 0 Å². The van der Waals surface area contributed by atoms with Crippen LogP contribution in [0.4, 0.5) is 54.0 Å². The van der Waals surface area contributed by atoms with E-state index in [2.05, 4.69) is 4.74 Å². The number of carbonyl (C=O) groups excluding carboxylic acids is 1. The molecule has 0 heterocycles. The number of halogens is 11. The summed E-state index contributed by atoms with van der Waals surface area (Å²) >= 11 is 0. The first-order valence-corrected chi connectivity index (χ1v) is 8.21. The van der Waals surface area contributed by atoms with Gasteiger partial charge < -0.3 is 10.1 Å². The number of amides is 1. The quantitative estimate of drug-likeness (QED) is 0.359. The Morgan fingerprint density at radius 1 is 0.871 bits per heavy atom. The lowest BCUT2D eigenvalue weighted by atomic mass is 10.2. The third-order valence-corrected chi connectivity index (χ3v) is 3.53. The van der Waals surface area contributed by atoms with Gasteiger partial charge in [-0.25, -0.2) is 0 Å². The summed E-state index contributed by atoms with van der Waals surface area (Å²) in [4.78, 5) is 11.6. The maximum absolute atomic E-state index is 14.1. The van der Waals surface area contributed by atoms with Crippen LogP contribution in [0.1, 0.15) is 19.8 Å². The van der Waals surface area contributed by atoms with E-state index in [9.17, 15) is 53.1 Å². The molecule has 1 atom stereocenters. The Bertz CT molecular complexity index is 747. The zero-order valence-electron chi connectivity index (χ0n) is 15.3. The van der Waals surface area contributed by atoms with E-state index in [0.29, 0.717) is 6.42 Å². The van der Waals surface area contributed by atoms with Crippen LogP contribution in [-0.4, -0.2) is 42.8 Å².